The molecule has 26 heavy (non-hydrogen) atoms. The first-order valence-corrected chi connectivity index (χ1v) is 9.75. The Hall–Kier alpha value is -1.59. The van der Waals surface area contributed by atoms with E-state index in [1.54, 1.807) is 4.90 Å². The number of aliphatic hydroxyl groups is 1. The van der Waals surface area contributed by atoms with E-state index in [2.05, 4.69) is 5.10 Å². The Morgan fingerprint density at radius 1 is 1.46 bits per heavy atom. The van der Waals surface area contributed by atoms with Crippen LogP contribution in [0.1, 0.15) is 25.6 Å². The maximum atomic E-state index is 13.0. The Kier molecular flexibility index (Phi) is 4.82. The minimum Gasteiger partial charge on any atom is -0.396 e. The highest BCUT2D eigenvalue weighted by Crippen LogP contribution is 2.44. The van der Waals surface area contributed by atoms with E-state index < -0.39 is 22.0 Å². The van der Waals surface area contributed by atoms with Crippen molar-refractivity contribution in [3.63, 3.8) is 0 Å². The van der Waals surface area contributed by atoms with Crippen LogP contribution in [0.25, 0.3) is 0 Å². The number of carbonyl (C=O) groups excluding carboxylic acids is 1. The van der Waals surface area contributed by atoms with Crippen molar-refractivity contribution in [1.29, 1.82) is 0 Å². The summed E-state index contributed by atoms with van der Waals surface area (Å²) in [6.07, 6.45) is 1.43. The number of carbonyl (C=O) groups is 1. The number of hydrogen-bond acceptors (Lipinski definition) is 5. The molecule has 11 heteroatoms. The largest absolute Gasteiger partial charge is 0.396 e. The second-order valence-electron chi connectivity index (χ2n) is 7.05. The number of piperidine rings is 1. The highest BCUT2D eigenvalue weighted by atomic mass is 32.2. The van der Waals surface area contributed by atoms with Gasteiger partial charge in [-0.15, -0.1) is 0 Å². The molecule has 1 aromatic heterocycles. The van der Waals surface area contributed by atoms with Crippen LogP contribution in [-0.2, 0) is 14.8 Å². The third-order valence-electron chi connectivity index (χ3n) is 5.66. The highest BCUT2D eigenvalue weighted by molar-refractivity contribution is 7.89. The van der Waals surface area contributed by atoms with Crippen LogP contribution in [0.15, 0.2) is 11.1 Å². The predicted molar refractivity (Wildman–Crippen MR) is 86.9 cm³/mol. The second-order valence-corrected chi connectivity index (χ2v) is 8.95. The van der Waals surface area contributed by atoms with Crippen molar-refractivity contribution >= 4 is 15.9 Å². The molecule has 3 rings (SSSR count). The third kappa shape index (κ3) is 2.91. The van der Waals surface area contributed by atoms with Gasteiger partial charge in [0.25, 0.3) is 0 Å². The average molecular weight is 392 g/mol. The van der Waals surface area contributed by atoms with E-state index >= 15 is 0 Å². The van der Waals surface area contributed by atoms with Crippen molar-refractivity contribution in [2.45, 2.75) is 31.7 Å². The lowest BCUT2D eigenvalue weighted by Gasteiger charge is -2.42. The Morgan fingerprint density at radius 2 is 2.15 bits per heavy atom. The molecule has 0 aromatic carbocycles. The smallest absolute Gasteiger partial charge is 0.333 e. The van der Waals surface area contributed by atoms with Crippen LogP contribution in [0.3, 0.4) is 0 Å². The number of amides is 1. The van der Waals surface area contributed by atoms with Crippen LogP contribution in [0, 0.1) is 18.3 Å². The first kappa shape index (κ1) is 19.2. The highest BCUT2D eigenvalue weighted by Gasteiger charge is 2.52. The zero-order valence-corrected chi connectivity index (χ0v) is 15.4. The van der Waals surface area contributed by atoms with Crippen LogP contribution >= 0.6 is 0 Å². The van der Waals surface area contributed by atoms with E-state index in [4.69, 9.17) is 0 Å². The van der Waals surface area contributed by atoms with E-state index in [9.17, 15) is 27.1 Å². The van der Waals surface area contributed by atoms with Crippen molar-refractivity contribution in [2.24, 2.45) is 11.3 Å². The predicted octanol–water partition coefficient (Wildman–Crippen LogP) is 0.438. The van der Waals surface area contributed by atoms with Crippen molar-refractivity contribution in [2.75, 3.05) is 32.8 Å². The summed E-state index contributed by atoms with van der Waals surface area (Å²) in [4.78, 5) is 13.0. The number of alkyl halides is 2. The third-order valence-corrected chi connectivity index (χ3v) is 7.58. The van der Waals surface area contributed by atoms with Gasteiger partial charge in [0.1, 0.15) is 4.90 Å². The molecule has 146 valence electrons. The van der Waals surface area contributed by atoms with Gasteiger partial charge in [0, 0.05) is 38.5 Å². The fourth-order valence-corrected chi connectivity index (χ4v) is 5.69. The zero-order chi connectivity index (χ0) is 19.3. The van der Waals surface area contributed by atoms with Gasteiger partial charge in [-0.25, -0.2) is 13.1 Å². The summed E-state index contributed by atoms with van der Waals surface area (Å²) < 4.78 is 53.3. The normalized spacial score (nSPS) is 27.2. The fraction of sp³-hybridized carbons (Fsp3) is 0.733. The molecule has 0 spiro atoms. The minimum atomic E-state index is -4.02. The number of fused-ring (bicyclic) bond motifs is 1. The summed E-state index contributed by atoms with van der Waals surface area (Å²) in [5.41, 5.74) is -0.746. The zero-order valence-electron chi connectivity index (χ0n) is 14.6. The van der Waals surface area contributed by atoms with Gasteiger partial charge in [-0.3, -0.25) is 4.79 Å². The first-order chi connectivity index (χ1) is 12.1. The number of hydrogen-bond donors (Lipinski definition) is 1. The maximum Gasteiger partial charge on any atom is 0.333 e. The lowest BCUT2D eigenvalue weighted by molar-refractivity contribution is -0.133. The average Bonchev–Trinajstić information content (AvgIpc) is 3.15. The molecule has 1 amide bonds. The summed E-state index contributed by atoms with van der Waals surface area (Å²) in [5, 5.41) is 13.4. The molecule has 1 N–H and O–H groups in total. The number of aromatic nitrogens is 2. The molecule has 0 unspecified atom stereocenters. The van der Waals surface area contributed by atoms with E-state index in [0.717, 1.165) is 6.20 Å². The fourth-order valence-electron chi connectivity index (χ4n) is 3.96. The summed E-state index contributed by atoms with van der Waals surface area (Å²) in [6.45, 7) is 0.692. The topological polar surface area (TPSA) is 95.7 Å². The Bertz CT molecular complexity index is 813. The van der Waals surface area contributed by atoms with Gasteiger partial charge in [-0.1, -0.05) is 0 Å². The summed E-state index contributed by atoms with van der Waals surface area (Å²) in [6, 6.07) is 0. The molecule has 2 saturated heterocycles. The molecule has 2 atom stereocenters. The maximum absolute atomic E-state index is 13.0. The molecular formula is C15H22F2N4O4S. The molecule has 2 aliphatic rings. The molecule has 2 fully saturated rings. The standard InChI is InChI=1S/C15H22F2N4O4S/c1-10-13(5-18-21(10)14(16)17)26(24,25)20-7-12-6-19(11(2)23)4-3-15(12,8-20)9-22/h5,12,14,22H,3-4,6-9H2,1-2H3/t12-,15+/m1/s1. The lowest BCUT2D eigenvalue weighted by Crippen LogP contribution is -2.50. The monoisotopic (exact) mass is 392 g/mol. The lowest BCUT2D eigenvalue weighted by atomic mass is 9.73. The van der Waals surface area contributed by atoms with Gasteiger partial charge in [-0.05, 0) is 19.3 Å². The Morgan fingerprint density at radius 3 is 2.69 bits per heavy atom. The number of likely N-dealkylation sites (tertiary alicyclic amines) is 1. The molecule has 2 aliphatic heterocycles. The van der Waals surface area contributed by atoms with Crippen LogP contribution in [-0.4, -0.2) is 71.2 Å². The van der Waals surface area contributed by atoms with Crippen LogP contribution < -0.4 is 0 Å². The summed E-state index contributed by atoms with van der Waals surface area (Å²) in [5.74, 6) is -0.294. The van der Waals surface area contributed by atoms with Crippen LogP contribution in [0.4, 0.5) is 8.78 Å². The number of nitrogens with zero attached hydrogens (tertiary/aromatic N) is 4. The van der Waals surface area contributed by atoms with Gasteiger partial charge in [0.05, 0.1) is 18.5 Å². The van der Waals surface area contributed by atoms with Gasteiger partial charge in [0.15, 0.2) is 0 Å². The number of rotatable bonds is 4. The van der Waals surface area contributed by atoms with Gasteiger partial charge in [0.2, 0.25) is 15.9 Å². The van der Waals surface area contributed by atoms with Crippen molar-refractivity contribution in [1.82, 2.24) is 19.0 Å². The molecule has 0 bridgehead atoms. The molecular weight excluding hydrogens is 370 g/mol. The number of halogens is 2. The molecule has 1 aromatic rings. The van der Waals surface area contributed by atoms with E-state index in [1.165, 1.54) is 18.2 Å². The minimum absolute atomic E-state index is 0.0908. The van der Waals surface area contributed by atoms with Crippen LogP contribution in [0.2, 0.25) is 0 Å². The van der Waals surface area contributed by atoms with Crippen LogP contribution in [0.5, 0.6) is 0 Å². The van der Waals surface area contributed by atoms with Crippen molar-refractivity contribution in [3.05, 3.63) is 11.9 Å². The van der Waals surface area contributed by atoms with Gasteiger partial charge < -0.3 is 10.0 Å². The molecule has 0 radical (unpaired) electrons. The Labute approximate surface area is 150 Å². The van der Waals surface area contributed by atoms with E-state index in [-0.39, 0.29) is 42.1 Å². The summed E-state index contributed by atoms with van der Waals surface area (Å²) >= 11 is 0. The van der Waals surface area contributed by atoms with Crippen molar-refractivity contribution < 1.29 is 27.1 Å². The molecule has 0 aliphatic carbocycles. The quantitative estimate of drug-likeness (QED) is 0.802. The van der Waals surface area contributed by atoms with Gasteiger partial charge in [-0.2, -0.15) is 18.2 Å². The number of aliphatic hydroxyl groups excluding tert-OH is 1. The first-order valence-electron chi connectivity index (χ1n) is 8.31. The Balaban J connectivity index is 1.90. The van der Waals surface area contributed by atoms with E-state index in [0.29, 0.717) is 24.2 Å². The molecule has 3 heterocycles. The second kappa shape index (κ2) is 6.54. The number of sulfonamides is 1. The summed E-state index contributed by atoms with van der Waals surface area (Å²) in [7, 11) is -4.02. The van der Waals surface area contributed by atoms with Crippen molar-refractivity contribution in [3.8, 4) is 0 Å². The van der Waals surface area contributed by atoms with E-state index in [1.807, 2.05) is 0 Å². The van der Waals surface area contributed by atoms with Gasteiger partial charge >= 0.3 is 6.55 Å². The SMILES string of the molecule is CC(=O)N1CC[C@@]2(CO)CN(S(=O)(=O)c3cnn(C(F)F)c3C)C[C@H]2C1. The molecule has 0 saturated carbocycles. The molecule has 8 nitrogen and oxygen atoms in total.